The van der Waals surface area contributed by atoms with Crippen molar-refractivity contribution in [3.05, 3.63) is 71.9 Å². The molecule has 0 saturated heterocycles. The van der Waals surface area contributed by atoms with Gasteiger partial charge in [-0.25, -0.2) is 13.4 Å². The number of aromatic nitrogens is 2. The number of thiazole rings is 1. The third-order valence-electron chi connectivity index (χ3n) is 4.10. The molecule has 0 bridgehead atoms. The van der Waals surface area contributed by atoms with Crippen molar-refractivity contribution in [2.45, 2.75) is 11.8 Å². The molecule has 0 spiro atoms. The van der Waals surface area contributed by atoms with E-state index in [0.717, 1.165) is 16.2 Å². The Morgan fingerprint density at radius 2 is 1.78 bits per heavy atom. The molecule has 0 amide bonds. The number of anilines is 1. The van der Waals surface area contributed by atoms with Crippen molar-refractivity contribution < 1.29 is 13.2 Å². The Bertz CT molecular complexity index is 1190. The third-order valence-corrected chi connectivity index (χ3v) is 6.27. The van der Waals surface area contributed by atoms with Crippen molar-refractivity contribution in [3.8, 4) is 11.3 Å². The highest BCUT2D eigenvalue weighted by Gasteiger charge is 2.15. The first-order valence-corrected chi connectivity index (χ1v) is 10.5. The van der Waals surface area contributed by atoms with Gasteiger partial charge in [0.15, 0.2) is 10.7 Å². The minimum absolute atomic E-state index is 0.103. The summed E-state index contributed by atoms with van der Waals surface area (Å²) >= 11 is 1.55. The SMILES string of the molecule is CC(=O)c1ccc(S(=O)(=O)Nc2ccc(-c3cn4ccsc4n3)cc2)cc1. The van der Waals surface area contributed by atoms with E-state index in [4.69, 9.17) is 0 Å². The molecule has 0 aliphatic rings. The highest BCUT2D eigenvalue weighted by atomic mass is 32.2. The molecular weight excluding hydrogens is 382 g/mol. The summed E-state index contributed by atoms with van der Waals surface area (Å²) in [4.78, 5) is 16.9. The largest absolute Gasteiger partial charge is 0.297 e. The molecule has 0 atom stereocenters. The van der Waals surface area contributed by atoms with Gasteiger partial charge in [-0.2, -0.15) is 0 Å². The summed E-state index contributed by atoms with van der Waals surface area (Å²) in [7, 11) is -3.72. The number of nitrogens with zero attached hydrogens (tertiary/aromatic N) is 2. The minimum Gasteiger partial charge on any atom is -0.297 e. The van der Waals surface area contributed by atoms with E-state index >= 15 is 0 Å². The van der Waals surface area contributed by atoms with Crippen LogP contribution >= 0.6 is 11.3 Å². The first-order valence-electron chi connectivity index (χ1n) is 8.09. The molecule has 136 valence electrons. The number of benzene rings is 2. The minimum atomic E-state index is -3.72. The van der Waals surface area contributed by atoms with Crippen molar-refractivity contribution >= 4 is 37.8 Å². The lowest BCUT2D eigenvalue weighted by molar-refractivity contribution is 0.101. The fourth-order valence-corrected chi connectivity index (χ4v) is 4.42. The Labute approximate surface area is 160 Å². The molecule has 0 radical (unpaired) electrons. The molecule has 27 heavy (non-hydrogen) atoms. The number of carbonyl (C=O) groups is 1. The van der Waals surface area contributed by atoms with Crippen LogP contribution in [0.1, 0.15) is 17.3 Å². The Morgan fingerprint density at radius 1 is 1.07 bits per heavy atom. The van der Waals surface area contributed by atoms with E-state index in [1.165, 1.54) is 31.2 Å². The van der Waals surface area contributed by atoms with Crippen molar-refractivity contribution in [1.29, 1.82) is 0 Å². The summed E-state index contributed by atoms with van der Waals surface area (Å²) in [6.45, 7) is 1.44. The quantitative estimate of drug-likeness (QED) is 0.515. The molecule has 2 aromatic heterocycles. The van der Waals surface area contributed by atoms with Gasteiger partial charge in [0.2, 0.25) is 0 Å². The van der Waals surface area contributed by atoms with Gasteiger partial charge in [-0.1, -0.05) is 24.3 Å². The first-order chi connectivity index (χ1) is 12.9. The van der Waals surface area contributed by atoms with Crippen LogP contribution in [0, 0.1) is 0 Å². The summed E-state index contributed by atoms with van der Waals surface area (Å²) in [6.07, 6.45) is 3.87. The predicted molar refractivity (Wildman–Crippen MR) is 106 cm³/mol. The number of fused-ring (bicyclic) bond motifs is 1. The van der Waals surface area contributed by atoms with E-state index in [0.29, 0.717) is 11.3 Å². The lowest BCUT2D eigenvalue weighted by Crippen LogP contribution is -2.13. The van der Waals surface area contributed by atoms with E-state index < -0.39 is 10.0 Å². The summed E-state index contributed by atoms with van der Waals surface area (Å²) in [6, 6.07) is 12.9. The normalized spacial score (nSPS) is 11.6. The van der Waals surface area contributed by atoms with Crippen LogP contribution in [0.2, 0.25) is 0 Å². The molecule has 4 rings (SSSR count). The van der Waals surface area contributed by atoms with Crippen LogP contribution < -0.4 is 4.72 Å². The van der Waals surface area contributed by atoms with Crippen molar-refractivity contribution in [2.24, 2.45) is 0 Å². The summed E-state index contributed by atoms with van der Waals surface area (Å²) in [5.41, 5.74) is 2.66. The second-order valence-corrected chi connectivity index (χ2v) is 8.54. The van der Waals surface area contributed by atoms with Crippen LogP contribution in [0.15, 0.2) is 71.2 Å². The standard InChI is InChI=1S/C19H15N3O3S2/c1-13(23)14-4-8-17(9-5-14)27(24,25)21-16-6-2-15(3-7-16)18-12-22-10-11-26-19(22)20-18/h2-12,21H,1H3. The molecule has 0 fully saturated rings. The van der Waals surface area contributed by atoms with Gasteiger partial charge in [-0.3, -0.25) is 13.9 Å². The van der Waals surface area contributed by atoms with Gasteiger partial charge in [0.1, 0.15) is 0 Å². The number of hydrogen-bond acceptors (Lipinski definition) is 5. The van der Waals surface area contributed by atoms with E-state index in [9.17, 15) is 13.2 Å². The van der Waals surface area contributed by atoms with E-state index in [1.54, 1.807) is 23.5 Å². The molecule has 0 saturated carbocycles. The maximum Gasteiger partial charge on any atom is 0.261 e. The second kappa shape index (κ2) is 6.64. The second-order valence-electron chi connectivity index (χ2n) is 5.98. The maximum absolute atomic E-state index is 12.5. The molecular formula is C19H15N3O3S2. The van der Waals surface area contributed by atoms with Crippen molar-refractivity contribution in [2.75, 3.05) is 4.72 Å². The lowest BCUT2D eigenvalue weighted by Gasteiger charge is -2.09. The molecule has 2 heterocycles. The van der Waals surface area contributed by atoms with Crippen LogP contribution in [0.3, 0.4) is 0 Å². The zero-order valence-corrected chi connectivity index (χ0v) is 15.9. The third kappa shape index (κ3) is 3.49. The first kappa shape index (κ1) is 17.4. The molecule has 1 N–H and O–H groups in total. The molecule has 6 nitrogen and oxygen atoms in total. The number of hydrogen-bond donors (Lipinski definition) is 1. The van der Waals surface area contributed by atoms with Gasteiger partial charge >= 0.3 is 0 Å². The van der Waals surface area contributed by atoms with Crippen molar-refractivity contribution in [1.82, 2.24) is 9.38 Å². The molecule has 0 aliphatic heterocycles. The smallest absolute Gasteiger partial charge is 0.261 e. The van der Waals surface area contributed by atoms with E-state index in [2.05, 4.69) is 9.71 Å². The van der Waals surface area contributed by atoms with Gasteiger partial charge < -0.3 is 0 Å². The highest BCUT2D eigenvalue weighted by Crippen LogP contribution is 2.24. The highest BCUT2D eigenvalue weighted by molar-refractivity contribution is 7.92. The number of Topliss-reactive ketones (excluding diaryl/α,β-unsaturated/α-hetero) is 1. The van der Waals surface area contributed by atoms with Gasteiger partial charge in [0.25, 0.3) is 10.0 Å². The maximum atomic E-state index is 12.5. The average Bonchev–Trinajstić information content (AvgIpc) is 3.24. The van der Waals surface area contributed by atoms with Crippen LogP contribution in [-0.4, -0.2) is 23.6 Å². The Balaban J connectivity index is 1.55. The summed E-state index contributed by atoms with van der Waals surface area (Å²) in [5.74, 6) is -0.110. The summed E-state index contributed by atoms with van der Waals surface area (Å²) < 4.78 is 29.5. The van der Waals surface area contributed by atoms with Crippen LogP contribution in [-0.2, 0) is 10.0 Å². The number of rotatable bonds is 5. The molecule has 2 aromatic carbocycles. The van der Waals surface area contributed by atoms with Crippen LogP contribution in [0.5, 0.6) is 0 Å². The molecule has 0 unspecified atom stereocenters. The van der Waals surface area contributed by atoms with Gasteiger partial charge in [-0.05, 0) is 31.2 Å². The molecule has 4 aromatic rings. The lowest BCUT2D eigenvalue weighted by atomic mass is 10.1. The Morgan fingerprint density at radius 3 is 2.41 bits per heavy atom. The van der Waals surface area contributed by atoms with Crippen LogP contribution in [0.25, 0.3) is 16.2 Å². The number of carbonyl (C=O) groups excluding carboxylic acids is 1. The van der Waals surface area contributed by atoms with Gasteiger partial charge in [0, 0.05) is 34.6 Å². The Kier molecular flexibility index (Phi) is 4.29. The van der Waals surface area contributed by atoms with Crippen molar-refractivity contribution in [3.63, 3.8) is 0 Å². The zero-order valence-electron chi connectivity index (χ0n) is 14.3. The molecule has 0 aliphatic carbocycles. The zero-order chi connectivity index (χ0) is 19.0. The predicted octanol–water partition coefficient (Wildman–Crippen LogP) is 4.07. The van der Waals surface area contributed by atoms with Gasteiger partial charge in [-0.15, -0.1) is 11.3 Å². The van der Waals surface area contributed by atoms with Crippen LogP contribution in [0.4, 0.5) is 5.69 Å². The fourth-order valence-electron chi connectivity index (χ4n) is 2.66. The summed E-state index contributed by atoms with van der Waals surface area (Å²) in [5, 5.41) is 1.97. The molecule has 8 heteroatoms. The Hall–Kier alpha value is -2.97. The fraction of sp³-hybridized carbons (Fsp3) is 0.0526. The van der Waals surface area contributed by atoms with E-state index in [-0.39, 0.29) is 10.7 Å². The van der Waals surface area contributed by atoms with Gasteiger partial charge in [0.05, 0.1) is 10.6 Å². The number of imidazole rings is 1. The number of sulfonamides is 1. The monoisotopic (exact) mass is 397 g/mol. The number of ketones is 1. The number of nitrogens with one attached hydrogen (secondary N) is 1. The topological polar surface area (TPSA) is 80.5 Å². The van der Waals surface area contributed by atoms with E-state index in [1.807, 2.05) is 34.3 Å². The average molecular weight is 397 g/mol.